The van der Waals surface area contributed by atoms with Crippen molar-refractivity contribution >= 4 is 16.1 Å². The molecule has 0 aliphatic rings. The van der Waals surface area contributed by atoms with Crippen LogP contribution in [0.2, 0.25) is 0 Å². The zero-order valence-electron chi connectivity index (χ0n) is 15.6. The van der Waals surface area contributed by atoms with Gasteiger partial charge in [-0.1, -0.05) is 24.3 Å². The predicted molar refractivity (Wildman–Crippen MR) is 102 cm³/mol. The Morgan fingerprint density at radius 1 is 1.07 bits per heavy atom. The summed E-state index contributed by atoms with van der Waals surface area (Å²) in [6.45, 7) is 2.66. The molecule has 2 rings (SSSR count). The molecule has 2 N–H and O–H groups in total. The topological polar surface area (TPSA) is 101 Å². The average Bonchev–Trinajstić information content (AvgIpc) is 2.66. The molecule has 9 heteroatoms. The van der Waals surface area contributed by atoms with Crippen LogP contribution in [-0.2, 0) is 23.1 Å². The Morgan fingerprint density at radius 2 is 1.70 bits per heavy atom. The van der Waals surface area contributed by atoms with Crippen LogP contribution < -0.4 is 15.4 Å². The van der Waals surface area contributed by atoms with Crippen molar-refractivity contribution in [2.24, 2.45) is 0 Å². The number of hydrogen-bond acceptors (Lipinski definition) is 5. The van der Waals surface area contributed by atoms with Gasteiger partial charge in [-0.3, -0.25) is 0 Å². The monoisotopic (exact) mass is 392 g/mol. The van der Waals surface area contributed by atoms with E-state index in [1.165, 1.54) is 20.2 Å². The highest BCUT2D eigenvalue weighted by Crippen LogP contribution is 2.18. The van der Waals surface area contributed by atoms with Gasteiger partial charge in [-0.05, 0) is 24.6 Å². The second kappa shape index (κ2) is 9.33. The number of rotatable bonds is 8. The molecule has 8 nitrogen and oxygen atoms in total. The van der Waals surface area contributed by atoms with Gasteiger partial charge in [0, 0.05) is 38.9 Å². The number of carbonyl (C=O) groups is 1. The third-order valence-corrected chi connectivity index (χ3v) is 5.66. The van der Waals surface area contributed by atoms with E-state index in [0.717, 1.165) is 9.87 Å². The molecule has 0 bridgehead atoms. The number of urea groups is 1. The summed E-state index contributed by atoms with van der Waals surface area (Å²) in [5.41, 5.74) is 1.27. The van der Waals surface area contributed by atoms with Gasteiger partial charge < -0.3 is 15.4 Å². The Morgan fingerprint density at radius 3 is 2.37 bits per heavy atom. The van der Waals surface area contributed by atoms with E-state index in [-0.39, 0.29) is 18.0 Å². The molecule has 1 aromatic carbocycles. The second-order valence-electron chi connectivity index (χ2n) is 5.83. The van der Waals surface area contributed by atoms with E-state index in [9.17, 15) is 13.2 Å². The summed E-state index contributed by atoms with van der Waals surface area (Å²) in [6, 6.07) is 9.74. The van der Waals surface area contributed by atoms with Crippen LogP contribution in [0.15, 0.2) is 47.5 Å². The van der Waals surface area contributed by atoms with Gasteiger partial charge in [0.15, 0.2) is 0 Å². The van der Waals surface area contributed by atoms with E-state index >= 15 is 0 Å². The third kappa shape index (κ3) is 5.41. The molecule has 146 valence electrons. The van der Waals surface area contributed by atoms with Crippen molar-refractivity contribution in [3.8, 4) is 5.88 Å². The molecule has 2 aromatic rings. The lowest BCUT2D eigenvalue weighted by Gasteiger charge is -2.16. The molecule has 0 saturated heterocycles. The van der Waals surface area contributed by atoms with E-state index < -0.39 is 16.1 Å². The lowest BCUT2D eigenvalue weighted by molar-refractivity contribution is 0.239. The van der Waals surface area contributed by atoms with Crippen LogP contribution in [0, 0.1) is 0 Å². The standard InChI is InChI=1S/C18H24N4O4S/c1-4-26-17-15(9-7-11-19-17)13-21-18(23)20-12-14-8-5-6-10-16(14)27(24,25)22(2)3/h5-11H,4,12-13H2,1-3H3,(H2,20,21,23). The number of pyridine rings is 1. The van der Waals surface area contributed by atoms with Gasteiger partial charge in [0.2, 0.25) is 15.9 Å². The number of benzene rings is 1. The Labute approximate surface area is 159 Å². The molecular formula is C18H24N4O4S. The van der Waals surface area contributed by atoms with Gasteiger partial charge in [-0.25, -0.2) is 22.5 Å². The smallest absolute Gasteiger partial charge is 0.315 e. The van der Waals surface area contributed by atoms with Crippen molar-refractivity contribution in [3.05, 3.63) is 53.7 Å². The van der Waals surface area contributed by atoms with E-state index in [0.29, 0.717) is 18.1 Å². The van der Waals surface area contributed by atoms with Crippen molar-refractivity contribution in [3.63, 3.8) is 0 Å². The van der Waals surface area contributed by atoms with Crippen LogP contribution in [0.3, 0.4) is 0 Å². The molecule has 1 aromatic heterocycles. The average molecular weight is 392 g/mol. The fraction of sp³-hybridized carbons (Fsp3) is 0.333. The van der Waals surface area contributed by atoms with Crippen LogP contribution in [0.1, 0.15) is 18.1 Å². The van der Waals surface area contributed by atoms with Gasteiger partial charge in [0.25, 0.3) is 0 Å². The first-order chi connectivity index (χ1) is 12.9. The SMILES string of the molecule is CCOc1ncccc1CNC(=O)NCc1ccccc1S(=O)(=O)N(C)C. The van der Waals surface area contributed by atoms with Gasteiger partial charge in [-0.2, -0.15) is 0 Å². The maximum Gasteiger partial charge on any atom is 0.315 e. The van der Waals surface area contributed by atoms with Crippen molar-refractivity contribution < 1.29 is 17.9 Å². The van der Waals surface area contributed by atoms with Crippen molar-refractivity contribution in [2.75, 3.05) is 20.7 Å². The molecule has 0 aliphatic carbocycles. The second-order valence-corrected chi connectivity index (χ2v) is 7.95. The number of ether oxygens (including phenoxy) is 1. The van der Waals surface area contributed by atoms with Gasteiger partial charge in [0.05, 0.1) is 11.5 Å². The summed E-state index contributed by atoms with van der Waals surface area (Å²) in [6.07, 6.45) is 1.62. The Hall–Kier alpha value is -2.65. The Balaban J connectivity index is 1.99. The number of aromatic nitrogens is 1. The quantitative estimate of drug-likeness (QED) is 0.713. The number of nitrogens with zero attached hydrogens (tertiary/aromatic N) is 2. The van der Waals surface area contributed by atoms with Crippen molar-refractivity contribution in [1.29, 1.82) is 0 Å². The van der Waals surface area contributed by atoms with Gasteiger partial charge in [0.1, 0.15) is 0 Å². The fourth-order valence-electron chi connectivity index (χ4n) is 2.34. The highest BCUT2D eigenvalue weighted by molar-refractivity contribution is 7.89. The first kappa shape index (κ1) is 20.7. The molecule has 0 spiro atoms. The third-order valence-electron chi connectivity index (χ3n) is 3.74. The molecule has 27 heavy (non-hydrogen) atoms. The van der Waals surface area contributed by atoms with Crippen LogP contribution in [0.5, 0.6) is 5.88 Å². The Kier molecular flexibility index (Phi) is 7.14. The molecule has 0 radical (unpaired) electrons. The molecule has 1 heterocycles. The lowest BCUT2D eigenvalue weighted by Crippen LogP contribution is -2.35. The molecule has 0 aliphatic heterocycles. The minimum absolute atomic E-state index is 0.0838. The summed E-state index contributed by atoms with van der Waals surface area (Å²) in [5.74, 6) is 0.475. The lowest BCUT2D eigenvalue weighted by atomic mass is 10.2. The minimum Gasteiger partial charge on any atom is -0.478 e. The maximum atomic E-state index is 12.4. The summed E-state index contributed by atoms with van der Waals surface area (Å²) < 4.78 is 31.3. The van der Waals surface area contributed by atoms with E-state index in [4.69, 9.17) is 4.74 Å². The fourth-order valence-corrected chi connectivity index (χ4v) is 3.45. The van der Waals surface area contributed by atoms with Crippen LogP contribution in [-0.4, -0.2) is 44.4 Å². The molecule has 2 amide bonds. The number of amides is 2. The van der Waals surface area contributed by atoms with E-state index in [1.54, 1.807) is 30.5 Å². The minimum atomic E-state index is -3.59. The van der Waals surface area contributed by atoms with E-state index in [1.807, 2.05) is 13.0 Å². The first-order valence-corrected chi connectivity index (χ1v) is 9.89. The molecule has 0 saturated carbocycles. The maximum absolute atomic E-state index is 12.4. The van der Waals surface area contributed by atoms with Crippen molar-refractivity contribution in [1.82, 2.24) is 19.9 Å². The van der Waals surface area contributed by atoms with Gasteiger partial charge in [-0.15, -0.1) is 0 Å². The summed E-state index contributed by atoms with van der Waals surface area (Å²) in [4.78, 5) is 16.4. The number of carbonyl (C=O) groups excluding carboxylic acids is 1. The van der Waals surface area contributed by atoms with Crippen LogP contribution in [0.4, 0.5) is 4.79 Å². The first-order valence-electron chi connectivity index (χ1n) is 8.45. The molecule has 0 fully saturated rings. The number of sulfonamides is 1. The molecular weight excluding hydrogens is 368 g/mol. The zero-order chi connectivity index (χ0) is 19.9. The predicted octanol–water partition coefficient (Wildman–Crippen LogP) is 1.73. The summed E-state index contributed by atoms with van der Waals surface area (Å²) in [7, 11) is -0.649. The van der Waals surface area contributed by atoms with Crippen LogP contribution in [0.25, 0.3) is 0 Å². The van der Waals surface area contributed by atoms with Crippen LogP contribution >= 0.6 is 0 Å². The normalized spacial score (nSPS) is 11.3. The summed E-state index contributed by atoms with van der Waals surface area (Å²) >= 11 is 0. The van der Waals surface area contributed by atoms with Gasteiger partial charge >= 0.3 is 6.03 Å². The Bertz CT molecular complexity index is 884. The number of hydrogen-bond donors (Lipinski definition) is 2. The molecule has 0 atom stereocenters. The van der Waals surface area contributed by atoms with Crippen molar-refractivity contribution in [2.45, 2.75) is 24.9 Å². The molecule has 0 unspecified atom stereocenters. The highest BCUT2D eigenvalue weighted by Gasteiger charge is 2.20. The summed E-state index contributed by atoms with van der Waals surface area (Å²) in [5, 5.41) is 5.40. The largest absolute Gasteiger partial charge is 0.478 e. The highest BCUT2D eigenvalue weighted by atomic mass is 32.2. The van der Waals surface area contributed by atoms with E-state index in [2.05, 4.69) is 15.6 Å². The number of nitrogens with one attached hydrogen (secondary N) is 2. The zero-order valence-corrected chi connectivity index (χ0v) is 16.4.